The molecule has 0 spiro atoms. The third kappa shape index (κ3) is 2.38. The molecule has 1 N–H and O–H groups in total. The molecule has 1 heterocycles. The van der Waals surface area contributed by atoms with Crippen LogP contribution in [0.2, 0.25) is 5.02 Å². The molecule has 3 nitrogen and oxygen atoms in total. The predicted molar refractivity (Wildman–Crippen MR) is 93.5 cm³/mol. The topological polar surface area (TPSA) is 32.3 Å². The molecule has 1 amide bonds. The maximum absolute atomic E-state index is 11.9. The van der Waals surface area contributed by atoms with Gasteiger partial charge in [-0.05, 0) is 36.8 Å². The number of carbonyl (C=O) groups excluding carboxylic acids is 1. The van der Waals surface area contributed by atoms with Gasteiger partial charge in [0.05, 0.1) is 10.7 Å². The minimum Gasteiger partial charge on any atom is -0.378 e. The highest BCUT2D eigenvalue weighted by atomic mass is 35.5. The average molecular weight is 313 g/mol. The Balaban J connectivity index is 2.09. The Morgan fingerprint density at radius 1 is 1.09 bits per heavy atom. The van der Waals surface area contributed by atoms with Crippen LogP contribution in [-0.2, 0) is 4.79 Å². The summed E-state index contributed by atoms with van der Waals surface area (Å²) in [6.07, 6.45) is 1.83. The Labute approximate surface area is 135 Å². The van der Waals surface area contributed by atoms with Gasteiger partial charge in [0.15, 0.2) is 0 Å². The zero-order valence-corrected chi connectivity index (χ0v) is 13.5. The zero-order valence-electron chi connectivity index (χ0n) is 12.8. The zero-order chi connectivity index (χ0) is 15.9. The summed E-state index contributed by atoms with van der Waals surface area (Å²) in [6, 6.07) is 12.0. The molecule has 0 unspecified atom stereocenters. The van der Waals surface area contributed by atoms with Crippen LogP contribution in [0.4, 0.5) is 11.4 Å². The van der Waals surface area contributed by atoms with E-state index in [1.54, 1.807) is 0 Å². The number of nitrogens with one attached hydrogen (secondary N) is 1. The van der Waals surface area contributed by atoms with Crippen molar-refractivity contribution in [3.8, 4) is 11.1 Å². The van der Waals surface area contributed by atoms with Crippen LogP contribution in [0.25, 0.3) is 16.7 Å². The Morgan fingerprint density at radius 2 is 1.77 bits per heavy atom. The van der Waals surface area contributed by atoms with Crippen LogP contribution in [0.3, 0.4) is 0 Å². The summed E-state index contributed by atoms with van der Waals surface area (Å²) in [4.78, 5) is 14.0. The van der Waals surface area contributed by atoms with Crippen molar-refractivity contribution in [2.75, 3.05) is 24.3 Å². The molecule has 0 radical (unpaired) electrons. The lowest BCUT2D eigenvalue weighted by molar-refractivity contribution is -0.110. The van der Waals surface area contributed by atoms with Crippen LogP contribution in [0.15, 0.2) is 42.5 Å². The van der Waals surface area contributed by atoms with Gasteiger partial charge in [-0.15, -0.1) is 0 Å². The van der Waals surface area contributed by atoms with E-state index in [0.29, 0.717) is 10.6 Å². The van der Waals surface area contributed by atoms with Gasteiger partial charge < -0.3 is 10.2 Å². The summed E-state index contributed by atoms with van der Waals surface area (Å²) in [5.74, 6) is -0.0753. The van der Waals surface area contributed by atoms with E-state index < -0.39 is 0 Å². The van der Waals surface area contributed by atoms with Gasteiger partial charge in [0, 0.05) is 36.5 Å². The first-order valence-corrected chi connectivity index (χ1v) is 7.48. The van der Waals surface area contributed by atoms with E-state index in [1.165, 1.54) is 0 Å². The van der Waals surface area contributed by atoms with Gasteiger partial charge in [0.2, 0.25) is 0 Å². The number of amides is 1. The summed E-state index contributed by atoms with van der Waals surface area (Å²) in [5, 5.41) is 3.48. The molecule has 0 saturated heterocycles. The van der Waals surface area contributed by atoms with Gasteiger partial charge in [-0.2, -0.15) is 0 Å². The fraction of sp³-hybridized carbons (Fsp3) is 0.167. The summed E-state index contributed by atoms with van der Waals surface area (Å²) >= 11 is 6.40. The summed E-state index contributed by atoms with van der Waals surface area (Å²) < 4.78 is 0. The largest absolute Gasteiger partial charge is 0.378 e. The second-order valence-corrected chi connectivity index (χ2v) is 5.88. The number of hydrogen-bond acceptors (Lipinski definition) is 2. The van der Waals surface area contributed by atoms with Crippen LogP contribution in [0.1, 0.15) is 12.5 Å². The second-order valence-electron chi connectivity index (χ2n) is 5.48. The first-order valence-electron chi connectivity index (χ1n) is 7.10. The molecule has 2 aromatic carbocycles. The minimum absolute atomic E-state index is 0.0753. The van der Waals surface area contributed by atoms with Crippen LogP contribution in [-0.4, -0.2) is 20.0 Å². The quantitative estimate of drug-likeness (QED) is 0.832. The van der Waals surface area contributed by atoms with Crippen molar-refractivity contribution in [1.29, 1.82) is 0 Å². The first-order chi connectivity index (χ1) is 10.5. The Kier molecular flexibility index (Phi) is 3.67. The minimum atomic E-state index is -0.0753. The highest BCUT2D eigenvalue weighted by molar-refractivity contribution is 6.36. The Bertz CT molecular complexity index is 776. The first kappa shape index (κ1) is 14.7. The molecule has 1 aliphatic rings. The van der Waals surface area contributed by atoms with E-state index >= 15 is 0 Å². The average Bonchev–Trinajstić information content (AvgIpc) is 2.80. The molecule has 2 aromatic rings. The van der Waals surface area contributed by atoms with Crippen LogP contribution < -0.4 is 10.2 Å². The molecule has 0 atom stereocenters. The fourth-order valence-electron chi connectivity index (χ4n) is 2.66. The van der Waals surface area contributed by atoms with Crippen molar-refractivity contribution < 1.29 is 4.79 Å². The molecule has 0 aromatic heterocycles. The molecular formula is C18H17ClN2O. The number of fused-ring (bicyclic) bond motifs is 1. The van der Waals surface area contributed by atoms with Crippen molar-refractivity contribution in [3.05, 3.63) is 53.1 Å². The number of carbonyl (C=O) groups is 1. The number of nitrogens with zero attached hydrogens (tertiary/aromatic N) is 1. The van der Waals surface area contributed by atoms with Crippen LogP contribution >= 0.6 is 11.6 Å². The van der Waals surface area contributed by atoms with E-state index in [9.17, 15) is 4.79 Å². The van der Waals surface area contributed by atoms with Gasteiger partial charge >= 0.3 is 0 Å². The van der Waals surface area contributed by atoms with E-state index in [4.69, 9.17) is 11.6 Å². The molecule has 0 saturated carbocycles. The molecule has 3 rings (SSSR count). The van der Waals surface area contributed by atoms with Crippen molar-refractivity contribution in [1.82, 2.24) is 0 Å². The van der Waals surface area contributed by atoms with E-state index in [0.717, 1.165) is 28.1 Å². The van der Waals surface area contributed by atoms with E-state index in [-0.39, 0.29) is 5.91 Å². The number of hydrogen-bond donors (Lipinski definition) is 1. The summed E-state index contributed by atoms with van der Waals surface area (Å²) in [6.45, 7) is 1.87. The van der Waals surface area contributed by atoms with Crippen LogP contribution in [0, 0.1) is 0 Å². The summed E-state index contributed by atoms with van der Waals surface area (Å²) in [7, 11) is 4.01. The van der Waals surface area contributed by atoms with Crippen LogP contribution in [0.5, 0.6) is 0 Å². The monoisotopic (exact) mass is 312 g/mol. The lowest BCUT2D eigenvalue weighted by atomic mass is 9.99. The molecule has 4 heteroatoms. The second kappa shape index (κ2) is 5.50. The number of benzene rings is 2. The van der Waals surface area contributed by atoms with E-state index in [2.05, 4.69) is 22.3 Å². The highest BCUT2D eigenvalue weighted by Crippen LogP contribution is 2.39. The standard InChI is InChI=1S/C18H17ClN2O/c1-4-13-15-9-14(16(19)10-17(15)20-18(13)22)11-5-7-12(8-6-11)21(2)3/h4-10H,1-3H3,(H,20,22)/b13-4-. The molecule has 1 aliphatic heterocycles. The number of anilines is 2. The van der Waals surface area contributed by atoms with Gasteiger partial charge in [0.1, 0.15) is 0 Å². The third-order valence-corrected chi connectivity index (χ3v) is 4.19. The normalized spacial score (nSPS) is 14.9. The Hall–Kier alpha value is -2.26. The van der Waals surface area contributed by atoms with Gasteiger partial charge in [-0.25, -0.2) is 0 Å². The van der Waals surface area contributed by atoms with Crippen molar-refractivity contribution in [3.63, 3.8) is 0 Å². The molecule has 0 aliphatic carbocycles. The summed E-state index contributed by atoms with van der Waals surface area (Å²) in [5.41, 5.74) is 5.47. The van der Waals surface area contributed by atoms with Gasteiger partial charge in [-0.1, -0.05) is 29.8 Å². The number of allylic oxidation sites excluding steroid dienone is 1. The molecule has 0 bridgehead atoms. The lowest BCUT2D eigenvalue weighted by Gasteiger charge is -2.13. The third-order valence-electron chi connectivity index (χ3n) is 3.87. The molecule has 112 valence electrons. The molecular weight excluding hydrogens is 296 g/mol. The molecule has 22 heavy (non-hydrogen) atoms. The molecule has 0 fully saturated rings. The highest BCUT2D eigenvalue weighted by Gasteiger charge is 2.25. The predicted octanol–water partition coefficient (Wildman–Crippen LogP) is 4.43. The SMILES string of the molecule is C/C=C1\C(=O)Nc2cc(Cl)c(-c3ccc(N(C)C)cc3)cc21. The van der Waals surface area contributed by atoms with Gasteiger partial charge in [-0.3, -0.25) is 4.79 Å². The van der Waals surface area contributed by atoms with Gasteiger partial charge in [0.25, 0.3) is 5.91 Å². The van der Waals surface area contributed by atoms with Crippen molar-refractivity contribution in [2.45, 2.75) is 6.92 Å². The number of halogens is 1. The van der Waals surface area contributed by atoms with E-state index in [1.807, 2.05) is 51.4 Å². The number of rotatable bonds is 2. The maximum Gasteiger partial charge on any atom is 0.256 e. The Morgan fingerprint density at radius 3 is 2.36 bits per heavy atom. The lowest BCUT2D eigenvalue weighted by Crippen LogP contribution is -2.07. The van der Waals surface area contributed by atoms with Crippen molar-refractivity contribution >= 4 is 34.5 Å². The fourth-order valence-corrected chi connectivity index (χ4v) is 2.93. The van der Waals surface area contributed by atoms with Crippen molar-refractivity contribution in [2.24, 2.45) is 0 Å². The smallest absolute Gasteiger partial charge is 0.256 e. The maximum atomic E-state index is 11.9.